The average Bonchev–Trinajstić information content (AvgIpc) is 2.97. The zero-order chi connectivity index (χ0) is 14.7. The van der Waals surface area contributed by atoms with Crippen molar-refractivity contribution in [2.75, 3.05) is 5.32 Å². The number of nitrogens with zero attached hydrogens (tertiary/aromatic N) is 4. The summed E-state index contributed by atoms with van der Waals surface area (Å²) >= 11 is 6.96. The van der Waals surface area contributed by atoms with E-state index in [1.165, 1.54) is 17.5 Å². The molecular formula is C13H8ClN5OS. The van der Waals surface area contributed by atoms with Crippen LogP contribution in [0.15, 0.2) is 42.9 Å². The van der Waals surface area contributed by atoms with Gasteiger partial charge in [-0.3, -0.25) is 15.1 Å². The summed E-state index contributed by atoms with van der Waals surface area (Å²) in [6.45, 7) is 0. The predicted molar refractivity (Wildman–Crippen MR) is 80.3 cm³/mol. The van der Waals surface area contributed by atoms with Gasteiger partial charge in [-0.1, -0.05) is 22.9 Å². The van der Waals surface area contributed by atoms with Gasteiger partial charge in [0, 0.05) is 24.2 Å². The standard InChI is InChI=1S/C13H8ClN5OS/c14-10-2-1-9(7-16-10)11(20)17-13-19-18-12(21-13)8-3-5-15-6-4-8/h1-7H,(H,17,19,20). The summed E-state index contributed by atoms with van der Waals surface area (Å²) in [5.41, 5.74) is 1.30. The van der Waals surface area contributed by atoms with Crippen LogP contribution in [0.5, 0.6) is 0 Å². The lowest BCUT2D eigenvalue weighted by molar-refractivity contribution is 0.102. The summed E-state index contributed by atoms with van der Waals surface area (Å²) in [5.74, 6) is -0.309. The molecule has 0 fully saturated rings. The topological polar surface area (TPSA) is 80.7 Å². The van der Waals surface area contributed by atoms with Crippen LogP contribution in [-0.2, 0) is 0 Å². The molecule has 0 bridgehead atoms. The van der Waals surface area contributed by atoms with Gasteiger partial charge < -0.3 is 0 Å². The molecule has 8 heteroatoms. The summed E-state index contributed by atoms with van der Waals surface area (Å²) in [7, 11) is 0. The lowest BCUT2D eigenvalue weighted by atomic mass is 10.3. The van der Waals surface area contributed by atoms with Crippen molar-refractivity contribution in [3.05, 3.63) is 53.6 Å². The molecule has 21 heavy (non-hydrogen) atoms. The molecule has 3 heterocycles. The number of carbonyl (C=O) groups is 1. The van der Waals surface area contributed by atoms with Crippen molar-refractivity contribution in [2.45, 2.75) is 0 Å². The van der Waals surface area contributed by atoms with Crippen LogP contribution in [0.1, 0.15) is 10.4 Å². The number of pyridine rings is 2. The predicted octanol–water partition coefficient (Wildman–Crippen LogP) is 2.90. The maximum absolute atomic E-state index is 12.0. The molecule has 0 saturated heterocycles. The van der Waals surface area contributed by atoms with Gasteiger partial charge in [-0.2, -0.15) is 0 Å². The summed E-state index contributed by atoms with van der Waals surface area (Å²) in [6.07, 6.45) is 4.76. The van der Waals surface area contributed by atoms with Crippen LogP contribution in [0.2, 0.25) is 5.15 Å². The van der Waals surface area contributed by atoms with Crippen molar-refractivity contribution in [1.82, 2.24) is 20.2 Å². The number of anilines is 1. The van der Waals surface area contributed by atoms with Crippen molar-refractivity contribution in [1.29, 1.82) is 0 Å². The van der Waals surface area contributed by atoms with Crippen molar-refractivity contribution in [3.8, 4) is 10.6 Å². The van der Waals surface area contributed by atoms with Crippen LogP contribution in [0.25, 0.3) is 10.6 Å². The minimum absolute atomic E-state index is 0.309. The number of halogens is 1. The highest BCUT2D eigenvalue weighted by atomic mass is 35.5. The van der Waals surface area contributed by atoms with Crippen LogP contribution < -0.4 is 5.32 Å². The van der Waals surface area contributed by atoms with E-state index in [1.54, 1.807) is 24.5 Å². The third-order valence-corrected chi connectivity index (χ3v) is 3.67. The smallest absolute Gasteiger partial charge is 0.259 e. The molecule has 0 atom stereocenters. The van der Waals surface area contributed by atoms with Crippen molar-refractivity contribution >= 4 is 34.0 Å². The van der Waals surface area contributed by atoms with E-state index in [2.05, 4.69) is 25.5 Å². The Morgan fingerprint density at radius 3 is 2.67 bits per heavy atom. The molecule has 0 aliphatic carbocycles. The first kappa shape index (κ1) is 13.6. The highest BCUT2D eigenvalue weighted by Crippen LogP contribution is 2.25. The van der Waals surface area contributed by atoms with Gasteiger partial charge in [-0.05, 0) is 24.3 Å². The van der Waals surface area contributed by atoms with Crippen LogP contribution in [0.4, 0.5) is 5.13 Å². The second-order valence-electron chi connectivity index (χ2n) is 3.97. The van der Waals surface area contributed by atoms with E-state index < -0.39 is 0 Å². The summed E-state index contributed by atoms with van der Waals surface area (Å²) in [5, 5.41) is 12.1. The molecule has 0 aliphatic rings. The Balaban J connectivity index is 1.75. The molecule has 0 aliphatic heterocycles. The molecule has 1 N–H and O–H groups in total. The minimum Gasteiger partial charge on any atom is -0.296 e. The van der Waals surface area contributed by atoms with Crippen molar-refractivity contribution < 1.29 is 4.79 Å². The monoisotopic (exact) mass is 317 g/mol. The summed E-state index contributed by atoms with van der Waals surface area (Å²) in [6, 6.07) is 6.80. The average molecular weight is 318 g/mol. The van der Waals surface area contributed by atoms with Crippen molar-refractivity contribution in [2.24, 2.45) is 0 Å². The van der Waals surface area contributed by atoms with E-state index in [0.717, 1.165) is 5.56 Å². The molecule has 3 aromatic heterocycles. The zero-order valence-electron chi connectivity index (χ0n) is 10.5. The Morgan fingerprint density at radius 2 is 1.95 bits per heavy atom. The highest BCUT2D eigenvalue weighted by molar-refractivity contribution is 7.18. The van der Waals surface area contributed by atoms with Gasteiger partial charge >= 0.3 is 0 Å². The maximum atomic E-state index is 12.0. The molecule has 0 unspecified atom stereocenters. The Kier molecular flexibility index (Phi) is 3.85. The van der Waals surface area contributed by atoms with Crippen LogP contribution in [-0.4, -0.2) is 26.1 Å². The Labute approximate surface area is 128 Å². The molecule has 3 aromatic rings. The van der Waals surface area contributed by atoms with Gasteiger partial charge in [0.05, 0.1) is 5.56 Å². The maximum Gasteiger partial charge on any atom is 0.259 e. The van der Waals surface area contributed by atoms with Gasteiger partial charge in [-0.25, -0.2) is 4.98 Å². The minimum atomic E-state index is -0.309. The van der Waals surface area contributed by atoms with Gasteiger partial charge in [0.2, 0.25) is 5.13 Å². The van der Waals surface area contributed by atoms with E-state index >= 15 is 0 Å². The van der Waals surface area contributed by atoms with E-state index in [1.807, 2.05) is 12.1 Å². The number of amides is 1. The SMILES string of the molecule is O=C(Nc1nnc(-c2ccncc2)s1)c1ccc(Cl)nc1. The highest BCUT2D eigenvalue weighted by Gasteiger charge is 2.11. The number of hydrogen-bond acceptors (Lipinski definition) is 6. The number of nitrogens with one attached hydrogen (secondary N) is 1. The van der Waals surface area contributed by atoms with Crippen molar-refractivity contribution in [3.63, 3.8) is 0 Å². The molecular weight excluding hydrogens is 310 g/mol. The lowest BCUT2D eigenvalue weighted by Gasteiger charge is -2.00. The van der Waals surface area contributed by atoms with Crippen LogP contribution >= 0.6 is 22.9 Å². The van der Waals surface area contributed by atoms with E-state index in [-0.39, 0.29) is 5.91 Å². The number of aromatic nitrogens is 4. The van der Waals surface area contributed by atoms with Gasteiger partial charge in [0.15, 0.2) is 0 Å². The first-order chi connectivity index (χ1) is 10.2. The fourth-order valence-electron chi connectivity index (χ4n) is 1.56. The zero-order valence-corrected chi connectivity index (χ0v) is 12.1. The molecule has 0 aromatic carbocycles. The molecule has 0 radical (unpaired) electrons. The van der Waals surface area contributed by atoms with Gasteiger partial charge in [0.25, 0.3) is 5.91 Å². The quantitative estimate of drug-likeness (QED) is 0.751. The Bertz CT molecular complexity index is 760. The largest absolute Gasteiger partial charge is 0.296 e. The number of carbonyl (C=O) groups excluding carboxylic acids is 1. The van der Waals surface area contributed by atoms with E-state index in [4.69, 9.17) is 11.6 Å². The Morgan fingerprint density at radius 1 is 1.14 bits per heavy atom. The summed E-state index contributed by atoms with van der Waals surface area (Å²) < 4.78 is 0. The van der Waals surface area contributed by atoms with Gasteiger partial charge in [0.1, 0.15) is 10.2 Å². The van der Waals surface area contributed by atoms with E-state index in [9.17, 15) is 4.79 Å². The number of hydrogen-bond donors (Lipinski definition) is 1. The fraction of sp³-hybridized carbons (Fsp3) is 0. The normalized spacial score (nSPS) is 10.3. The first-order valence-electron chi connectivity index (χ1n) is 5.89. The molecule has 104 valence electrons. The lowest BCUT2D eigenvalue weighted by Crippen LogP contribution is -2.11. The molecule has 0 saturated carbocycles. The van der Waals surface area contributed by atoms with Gasteiger partial charge in [-0.15, -0.1) is 10.2 Å². The first-order valence-corrected chi connectivity index (χ1v) is 7.08. The second kappa shape index (κ2) is 5.94. The molecule has 6 nitrogen and oxygen atoms in total. The van der Waals surface area contributed by atoms with Crippen LogP contribution in [0, 0.1) is 0 Å². The Hall–Kier alpha value is -2.38. The second-order valence-corrected chi connectivity index (χ2v) is 5.34. The molecule has 0 spiro atoms. The number of rotatable bonds is 3. The van der Waals surface area contributed by atoms with E-state index in [0.29, 0.717) is 20.9 Å². The third kappa shape index (κ3) is 3.21. The molecule has 1 amide bonds. The summed E-state index contributed by atoms with van der Waals surface area (Å²) in [4.78, 5) is 19.8. The fourth-order valence-corrected chi connectivity index (χ4v) is 2.42. The van der Waals surface area contributed by atoms with Crippen LogP contribution in [0.3, 0.4) is 0 Å². The third-order valence-electron chi connectivity index (χ3n) is 2.56. The molecule has 3 rings (SSSR count).